The molecule has 4 aromatic rings. The highest BCUT2D eigenvalue weighted by Crippen LogP contribution is 2.39. The molecule has 238 valence electrons. The first-order valence-electron chi connectivity index (χ1n) is 15.4. The number of ether oxygens (including phenoxy) is 1. The molecule has 45 heavy (non-hydrogen) atoms. The number of nitrogens with zero attached hydrogens (tertiary/aromatic N) is 4. The van der Waals surface area contributed by atoms with Gasteiger partial charge in [0, 0.05) is 48.5 Å². The van der Waals surface area contributed by atoms with Gasteiger partial charge in [0.15, 0.2) is 5.16 Å². The van der Waals surface area contributed by atoms with Crippen LogP contribution >= 0.6 is 23.4 Å². The van der Waals surface area contributed by atoms with Gasteiger partial charge >= 0.3 is 0 Å². The van der Waals surface area contributed by atoms with Crippen LogP contribution in [-0.4, -0.2) is 71.9 Å². The molecule has 2 bridgehead atoms. The van der Waals surface area contributed by atoms with Gasteiger partial charge in [-0.15, -0.1) is 0 Å². The molecular formula is C35H39ClF3N4OS+. The second kappa shape index (κ2) is 13.0. The van der Waals surface area contributed by atoms with Crippen LogP contribution < -0.4 is 4.74 Å². The van der Waals surface area contributed by atoms with Crippen LogP contribution in [0.15, 0.2) is 66.0 Å². The number of rotatable bonds is 11. The van der Waals surface area contributed by atoms with E-state index in [2.05, 4.69) is 23.7 Å². The number of benzene rings is 3. The van der Waals surface area contributed by atoms with Gasteiger partial charge in [0.05, 0.1) is 50.2 Å². The molecule has 10 heteroatoms. The van der Waals surface area contributed by atoms with Crippen molar-refractivity contribution in [3.8, 4) is 11.4 Å². The molecule has 0 saturated carbocycles. The van der Waals surface area contributed by atoms with Crippen LogP contribution in [0.4, 0.5) is 13.2 Å². The number of thioether (sulfide) groups is 1. The number of hydrogen-bond acceptors (Lipinski definition) is 4. The smallest absolute Gasteiger partial charge is 0.173 e. The summed E-state index contributed by atoms with van der Waals surface area (Å²) in [6.07, 6.45) is 3.34. The number of halogens is 4. The van der Waals surface area contributed by atoms with Gasteiger partial charge in [-0.25, -0.2) is 18.2 Å². The number of methoxy groups -OCH3 is 1. The number of aromatic nitrogens is 2. The molecule has 0 atom stereocenters. The van der Waals surface area contributed by atoms with E-state index in [1.165, 1.54) is 55.7 Å². The van der Waals surface area contributed by atoms with Crippen LogP contribution in [0.5, 0.6) is 5.75 Å². The minimum absolute atomic E-state index is 0.0229. The molecule has 3 aliphatic rings. The van der Waals surface area contributed by atoms with Crippen molar-refractivity contribution in [3.63, 3.8) is 0 Å². The van der Waals surface area contributed by atoms with E-state index in [-0.39, 0.29) is 17.1 Å². The third kappa shape index (κ3) is 6.64. The van der Waals surface area contributed by atoms with Crippen molar-refractivity contribution >= 4 is 23.4 Å². The number of imidazole rings is 1. The lowest BCUT2D eigenvalue weighted by molar-refractivity contribution is -0.941. The average molecular weight is 656 g/mol. The van der Waals surface area contributed by atoms with E-state index >= 15 is 8.78 Å². The van der Waals surface area contributed by atoms with E-state index in [1.807, 2.05) is 16.7 Å². The fourth-order valence-electron chi connectivity index (χ4n) is 6.67. The molecule has 0 amide bonds. The molecule has 3 aliphatic heterocycles. The van der Waals surface area contributed by atoms with Crippen LogP contribution in [0.1, 0.15) is 42.7 Å². The second-order valence-electron chi connectivity index (χ2n) is 12.7. The van der Waals surface area contributed by atoms with E-state index in [4.69, 9.17) is 16.3 Å². The van der Waals surface area contributed by atoms with E-state index in [1.54, 1.807) is 31.5 Å². The summed E-state index contributed by atoms with van der Waals surface area (Å²) in [6.45, 7) is 12.2. The first kappa shape index (κ1) is 32.0. The molecule has 7 rings (SSSR count). The first-order chi connectivity index (χ1) is 21.6. The van der Waals surface area contributed by atoms with E-state index < -0.39 is 17.0 Å². The van der Waals surface area contributed by atoms with Crippen molar-refractivity contribution in [3.05, 3.63) is 106 Å². The Balaban J connectivity index is 1.22. The maximum absolute atomic E-state index is 15.4. The maximum Gasteiger partial charge on any atom is 0.173 e. The minimum atomic E-state index is -0.580. The van der Waals surface area contributed by atoms with Crippen LogP contribution in [0.25, 0.3) is 5.69 Å². The van der Waals surface area contributed by atoms with Gasteiger partial charge in [-0.05, 0) is 66.1 Å². The molecule has 1 aromatic heterocycles. The molecule has 0 spiro atoms. The van der Waals surface area contributed by atoms with Crippen molar-refractivity contribution in [2.24, 2.45) is 0 Å². The number of fused-ring (bicyclic) bond motifs is 3. The van der Waals surface area contributed by atoms with Gasteiger partial charge in [-0.2, -0.15) is 0 Å². The summed E-state index contributed by atoms with van der Waals surface area (Å²) in [5, 5.41) is 1.05. The van der Waals surface area contributed by atoms with Crippen LogP contribution in [0.3, 0.4) is 0 Å². The quantitative estimate of drug-likeness (QED) is 0.123. The highest BCUT2D eigenvalue weighted by molar-refractivity contribution is 7.98. The van der Waals surface area contributed by atoms with Gasteiger partial charge < -0.3 is 9.22 Å². The molecule has 0 radical (unpaired) electrons. The minimum Gasteiger partial charge on any atom is -0.495 e. The highest BCUT2D eigenvalue weighted by atomic mass is 35.5. The summed E-state index contributed by atoms with van der Waals surface area (Å²) >= 11 is 7.54. The zero-order valence-electron chi connectivity index (χ0n) is 26.0. The SMILES string of the molecule is COc1cc(C(C)(C)c2cnc(SCc3c(F)cc(CCC[N+]45CCN(CC4)CC5)cc3F)n2-c2ccc(F)cc2)ccc1Cl. The van der Waals surface area contributed by atoms with Gasteiger partial charge in [0.1, 0.15) is 23.2 Å². The Hall–Kier alpha value is -2.98. The highest BCUT2D eigenvalue weighted by Gasteiger charge is 2.37. The molecule has 3 fully saturated rings. The lowest BCUT2D eigenvalue weighted by Crippen LogP contribution is -2.67. The standard InChI is InChI=1S/C35H39ClF3N4OS/c1-35(2,25-6-11-29(36)32(21-25)44-3)33-22-40-34(42(33)27-9-7-26(37)8-10-27)45-23-28-30(38)19-24(20-31(28)39)5-4-15-43-16-12-41(13-17-43)14-18-43/h6-11,19-22H,4-5,12-18,23H2,1-3H3/q+1. The Morgan fingerprint density at radius 3 is 2.27 bits per heavy atom. The Labute approximate surface area is 272 Å². The van der Waals surface area contributed by atoms with Crippen LogP contribution in [0, 0.1) is 17.5 Å². The zero-order chi connectivity index (χ0) is 31.8. The van der Waals surface area contributed by atoms with Crippen molar-refractivity contribution in [1.82, 2.24) is 14.5 Å². The summed E-state index contributed by atoms with van der Waals surface area (Å²) in [7, 11) is 1.57. The molecule has 4 heterocycles. The van der Waals surface area contributed by atoms with Crippen molar-refractivity contribution in [1.29, 1.82) is 0 Å². The number of aryl methyl sites for hydroxylation is 1. The normalized spacial score (nSPS) is 19.7. The Morgan fingerprint density at radius 2 is 1.62 bits per heavy atom. The third-order valence-electron chi connectivity index (χ3n) is 9.64. The molecular weight excluding hydrogens is 617 g/mol. The molecule has 0 aliphatic carbocycles. The Kier molecular flexibility index (Phi) is 9.26. The fraction of sp³-hybridized carbons (Fsp3) is 0.400. The van der Waals surface area contributed by atoms with Gasteiger partial charge in [-0.1, -0.05) is 43.3 Å². The largest absolute Gasteiger partial charge is 0.495 e. The molecule has 0 N–H and O–H groups in total. The molecule has 3 saturated heterocycles. The van der Waals surface area contributed by atoms with E-state index in [0.29, 0.717) is 33.6 Å². The van der Waals surface area contributed by atoms with Crippen LogP contribution in [0.2, 0.25) is 5.02 Å². The first-order valence-corrected chi connectivity index (χ1v) is 16.8. The van der Waals surface area contributed by atoms with E-state index in [0.717, 1.165) is 48.3 Å². The molecule has 0 unspecified atom stereocenters. The predicted octanol–water partition coefficient (Wildman–Crippen LogP) is 7.65. The van der Waals surface area contributed by atoms with Crippen LogP contribution in [-0.2, 0) is 17.6 Å². The van der Waals surface area contributed by atoms with Gasteiger partial charge in [0.25, 0.3) is 0 Å². The summed E-state index contributed by atoms with van der Waals surface area (Å²) in [5.74, 6) is -0.823. The number of hydrogen-bond donors (Lipinski definition) is 0. The summed E-state index contributed by atoms with van der Waals surface area (Å²) in [6, 6.07) is 14.7. The monoisotopic (exact) mass is 655 g/mol. The van der Waals surface area contributed by atoms with Gasteiger partial charge in [0.2, 0.25) is 0 Å². The summed E-state index contributed by atoms with van der Waals surface area (Å²) in [5.41, 5.74) is 2.58. The molecule has 5 nitrogen and oxygen atoms in total. The lowest BCUT2D eigenvalue weighted by atomic mass is 9.81. The Morgan fingerprint density at radius 1 is 0.956 bits per heavy atom. The topological polar surface area (TPSA) is 30.3 Å². The maximum atomic E-state index is 15.4. The summed E-state index contributed by atoms with van der Waals surface area (Å²) < 4.78 is 53.2. The number of piperazine rings is 3. The van der Waals surface area contributed by atoms with Crippen molar-refractivity contribution in [2.75, 3.05) is 52.9 Å². The molecule has 3 aromatic carbocycles. The second-order valence-corrected chi connectivity index (χ2v) is 14.1. The van der Waals surface area contributed by atoms with Gasteiger partial charge in [-0.3, -0.25) is 9.47 Å². The summed E-state index contributed by atoms with van der Waals surface area (Å²) in [4.78, 5) is 7.21. The predicted molar refractivity (Wildman–Crippen MR) is 174 cm³/mol. The third-order valence-corrected chi connectivity index (χ3v) is 10.9. The Bertz CT molecular complexity index is 1630. The zero-order valence-corrected chi connectivity index (χ0v) is 27.5. The number of quaternary nitrogens is 1. The lowest BCUT2D eigenvalue weighted by Gasteiger charge is -2.50. The van der Waals surface area contributed by atoms with Crippen molar-refractivity contribution < 1.29 is 22.4 Å². The van der Waals surface area contributed by atoms with E-state index in [9.17, 15) is 4.39 Å². The average Bonchev–Trinajstić information content (AvgIpc) is 3.47. The van der Waals surface area contributed by atoms with Crippen molar-refractivity contribution in [2.45, 2.75) is 43.0 Å². The fourth-order valence-corrected chi connectivity index (χ4v) is 7.88.